The minimum Gasteiger partial charge on any atom is -0.349 e. The van der Waals surface area contributed by atoms with E-state index in [0.29, 0.717) is 0 Å². The van der Waals surface area contributed by atoms with Crippen molar-refractivity contribution in [2.24, 2.45) is 0 Å². The van der Waals surface area contributed by atoms with Crippen LogP contribution in [0, 0.1) is 20.2 Å². The smallest absolute Gasteiger partial charge is 0.277 e. The Kier molecular flexibility index (Phi) is 2.92. The third-order valence-electron chi connectivity index (χ3n) is 2.50. The number of nitrogens with zero attached hydrogens (tertiary/aromatic N) is 2. The molecule has 1 fully saturated rings. The van der Waals surface area contributed by atoms with Crippen LogP contribution in [0.4, 0.5) is 11.4 Å². The second kappa shape index (κ2) is 4.40. The van der Waals surface area contributed by atoms with Gasteiger partial charge in [-0.15, -0.1) is 0 Å². The van der Waals surface area contributed by atoms with E-state index in [0.717, 1.165) is 31.0 Å². The second-order valence-corrected chi connectivity index (χ2v) is 4.00. The molecule has 0 heterocycles. The van der Waals surface area contributed by atoms with Gasteiger partial charge in [0.05, 0.1) is 21.5 Å². The topological polar surface area (TPSA) is 115 Å². The molecule has 94 valence electrons. The van der Waals surface area contributed by atoms with Crippen molar-refractivity contribution in [3.05, 3.63) is 44.0 Å². The van der Waals surface area contributed by atoms with Crippen molar-refractivity contribution in [3.8, 4) is 0 Å². The first-order chi connectivity index (χ1) is 8.47. The lowest BCUT2D eigenvalue weighted by Crippen LogP contribution is -2.25. The molecular formula is C10H9N3O5. The van der Waals surface area contributed by atoms with Crippen LogP contribution >= 0.6 is 0 Å². The quantitative estimate of drug-likeness (QED) is 0.641. The van der Waals surface area contributed by atoms with Crippen molar-refractivity contribution in [3.63, 3.8) is 0 Å². The van der Waals surface area contributed by atoms with E-state index in [2.05, 4.69) is 5.32 Å². The third-order valence-corrected chi connectivity index (χ3v) is 2.50. The van der Waals surface area contributed by atoms with Gasteiger partial charge in [-0.05, 0) is 12.8 Å². The van der Waals surface area contributed by atoms with Gasteiger partial charge in [0.1, 0.15) is 0 Å². The van der Waals surface area contributed by atoms with E-state index in [4.69, 9.17) is 0 Å². The van der Waals surface area contributed by atoms with Crippen molar-refractivity contribution >= 4 is 17.3 Å². The molecule has 1 N–H and O–H groups in total. The molecule has 1 aromatic rings. The van der Waals surface area contributed by atoms with Gasteiger partial charge in [-0.1, -0.05) is 0 Å². The minimum atomic E-state index is -0.763. The Morgan fingerprint density at radius 1 is 1.11 bits per heavy atom. The molecule has 0 unspecified atom stereocenters. The summed E-state index contributed by atoms with van der Waals surface area (Å²) in [5.74, 6) is -0.524. The van der Waals surface area contributed by atoms with Crippen molar-refractivity contribution < 1.29 is 14.6 Å². The summed E-state index contributed by atoms with van der Waals surface area (Å²) in [4.78, 5) is 31.4. The van der Waals surface area contributed by atoms with Crippen molar-refractivity contribution in [1.29, 1.82) is 0 Å². The molecule has 0 saturated heterocycles. The van der Waals surface area contributed by atoms with Crippen LogP contribution in [-0.4, -0.2) is 21.8 Å². The van der Waals surface area contributed by atoms with Crippen LogP contribution in [0.15, 0.2) is 18.2 Å². The van der Waals surface area contributed by atoms with E-state index in [1.165, 1.54) is 0 Å². The van der Waals surface area contributed by atoms with E-state index >= 15 is 0 Å². The van der Waals surface area contributed by atoms with Gasteiger partial charge in [0.15, 0.2) is 0 Å². The number of rotatable bonds is 4. The zero-order chi connectivity index (χ0) is 13.3. The van der Waals surface area contributed by atoms with Gasteiger partial charge < -0.3 is 5.32 Å². The Bertz CT molecular complexity index is 506. The number of nitro groups is 2. The van der Waals surface area contributed by atoms with Crippen LogP contribution in [-0.2, 0) is 0 Å². The minimum absolute atomic E-state index is 0.0669. The molecule has 1 saturated carbocycles. The Hall–Kier alpha value is -2.51. The molecule has 1 amide bonds. The van der Waals surface area contributed by atoms with Gasteiger partial charge in [0, 0.05) is 18.2 Å². The summed E-state index contributed by atoms with van der Waals surface area (Å²) in [7, 11) is 0. The fourth-order valence-corrected chi connectivity index (χ4v) is 1.43. The number of carbonyl (C=O) groups is 1. The molecule has 8 nitrogen and oxygen atoms in total. The van der Waals surface area contributed by atoms with Gasteiger partial charge in [0.25, 0.3) is 17.3 Å². The normalized spacial score (nSPS) is 14.0. The van der Waals surface area contributed by atoms with Gasteiger partial charge in [0.2, 0.25) is 0 Å². The van der Waals surface area contributed by atoms with Crippen LogP contribution < -0.4 is 5.32 Å². The zero-order valence-corrected chi connectivity index (χ0v) is 9.16. The average molecular weight is 251 g/mol. The van der Waals surface area contributed by atoms with Crippen molar-refractivity contribution in [2.75, 3.05) is 0 Å². The summed E-state index contributed by atoms with van der Waals surface area (Å²) in [5, 5.41) is 23.9. The van der Waals surface area contributed by atoms with Gasteiger partial charge in [-0.25, -0.2) is 0 Å². The molecule has 8 heteroatoms. The highest BCUT2D eigenvalue weighted by atomic mass is 16.6. The monoisotopic (exact) mass is 251 g/mol. The second-order valence-electron chi connectivity index (χ2n) is 4.00. The number of hydrogen-bond donors (Lipinski definition) is 1. The fourth-order valence-electron chi connectivity index (χ4n) is 1.43. The molecule has 0 aromatic heterocycles. The molecule has 0 atom stereocenters. The SMILES string of the molecule is O=C(NC1CC1)c1cc([N+](=O)[O-])cc([N+](=O)[O-])c1. The molecule has 18 heavy (non-hydrogen) atoms. The molecule has 0 radical (unpaired) electrons. The van der Waals surface area contributed by atoms with Crippen LogP contribution in [0.3, 0.4) is 0 Å². The summed E-state index contributed by atoms with van der Waals surface area (Å²) in [6, 6.07) is 2.97. The van der Waals surface area contributed by atoms with Crippen LogP contribution in [0.25, 0.3) is 0 Å². The van der Waals surface area contributed by atoms with E-state index < -0.39 is 27.1 Å². The average Bonchev–Trinajstić information content (AvgIpc) is 3.12. The number of carbonyl (C=O) groups excluding carboxylic acids is 1. The van der Waals surface area contributed by atoms with E-state index in [1.54, 1.807) is 0 Å². The first kappa shape index (κ1) is 12.0. The summed E-state index contributed by atoms with van der Waals surface area (Å²) in [5.41, 5.74) is -1.00. The Balaban J connectivity index is 2.35. The predicted octanol–water partition coefficient (Wildman–Crippen LogP) is 1.40. The van der Waals surface area contributed by atoms with E-state index in [-0.39, 0.29) is 11.6 Å². The molecular weight excluding hydrogens is 242 g/mol. The molecule has 1 aromatic carbocycles. The number of benzene rings is 1. The standard InChI is InChI=1S/C10H9N3O5/c14-10(11-7-1-2-7)6-3-8(12(15)16)5-9(4-6)13(17)18/h3-5,7H,1-2H2,(H,11,14). The first-order valence-electron chi connectivity index (χ1n) is 5.22. The van der Waals surface area contributed by atoms with E-state index in [1.807, 2.05) is 0 Å². The number of non-ortho nitro benzene ring substituents is 2. The fraction of sp³-hybridized carbons (Fsp3) is 0.300. The highest BCUT2D eigenvalue weighted by Crippen LogP contribution is 2.24. The molecule has 0 spiro atoms. The summed E-state index contributed by atoms with van der Waals surface area (Å²) in [6.07, 6.45) is 1.73. The molecule has 2 rings (SSSR count). The van der Waals surface area contributed by atoms with Crippen LogP contribution in [0.2, 0.25) is 0 Å². The Morgan fingerprint density at radius 3 is 2.00 bits per heavy atom. The van der Waals surface area contributed by atoms with Gasteiger partial charge in [-0.3, -0.25) is 25.0 Å². The van der Waals surface area contributed by atoms with E-state index in [9.17, 15) is 25.0 Å². The zero-order valence-electron chi connectivity index (χ0n) is 9.16. The highest BCUT2D eigenvalue weighted by Gasteiger charge is 2.26. The largest absolute Gasteiger partial charge is 0.349 e. The van der Waals surface area contributed by atoms with Crippen LogP contribution in [0.1, 0.15) is 23.2 Å². The molecule has 1 aliphatic rings. The predicted molar refractivity (Wildman–Crippen MR) is 60.2 cm³/mol. The number of amides is 1. The summed E-state index contributed by atoms with van der Waals surface area (Å²) in [6.45, 7) is 0. The number of hydrogen-bond acceptors (Lipinski definition) is 5. The van der Waals surface area contributed by atoms with Crippen molar-refractivity contribution in [1.82, 2.24) is 5.32 Å². The van der Waals surface area contributed by atoms with Gasteiger partial charge in [-0.2, -0.15) is 0 Å². The molecule has 1 aliphatic carbocycles. The summed E-state index contributed by atoms with van der Waals surface area (Å²) < 4.78 is 0. The first-order valence-corrected chi connectivity index (χ1v) is 5.22. The number of nitro benzene ring substituents is 2. The maximum absolute atomic E-state index is 11.7. The molecule has 0 aliphatic heterocycles. The Morgan fingerprint density at radius 2 is 1.61 bits per heavy atom. The maximum Gasteiger partial charge on any atom is 0.277 e. The molecule has 0 bridgehead atoms. The van der Waals surface area contributed by atoms with Crippen LogP contribution in [0.5, 0.6) is 0 Å². The van der Waals surface area contributed by atoms with Gasteiger partial charge >= 0.3 is 0 Å². The Labute approximate surface area is 101 Å². The number of nitrogens with one attached hydrogen (secondary N) is 1. The lowest BCUT2D eigenvalue weighted by Gasteiger charge is -2.03. The lowest BCUT2D eigenvalue weighted by atomic mass is 10.1. The summed E-state index contributed by atoms with van der Waals surface area (Å²) >= 11 is 0. The maximum atomic E-state index is 11.7. The lowest BCUT2D eigenvalue weighted by molar-refractivity contribution is -0.394. The van der Waals surface area contributed by atoms with Crippen molar-refractivity contribution in [2.45, 2.75) is 18.9 Å². The highest BCUT2D eigenvalue weighted by molar-refractivity contribution is 5.95. The third kappa shape index (κ3) is 2.59.